The Hall–Kier alpha value is -3.45. The Morgan fingerprint density at radius 3 is 2.55 bits per heavy atom. The number of halogens is 1. The topological polar surface area (TPSA) is 106 Å². The van der Waals surface area contributed by atoms with Crippen LogP contribution in [-0.4, -0.2) is 22.5 Å². The van der Waals surface area contributed by atoms with E-state index in [1.54, 1.807) is 24.3 Å². The van der Waals surface area contributed by atoms with Gasteiger partial charge in [-0.25, -0.2) is 4.79 Å². The number of H-pyrrole nitrogens is 1. The molecule has 7 nitrogen and oxygen atoms in total. The first-order valence-corrected chi connectivity index (χ1v) is 14.4. The molecule has 2 fully saturated rings. The summed E-state index contributed by atoms with van der Waals surface area (Å²) in [5.41, 5.74) is 2.87. The molecule has 1 aromatic heterocycles. The summed E-state index contributed by atoms with van der Waals surface area (Å²) in [5.74, 6) is 0.185. The fraction of sp³-hybridized carbons (Fsp3) is 0.438. The van der Waals surface area contributed by atoms with Crippen LogP contribution in [0, 0.1) is 23.7 Å². The minimum absolute atomic E-state index is 0.0392. The molecule has 0 radical (unpaired) electrons. The van der Waals surface area contributed by atoms with Crippen molar-refractivity contribution in [2.45, 2.75) is 64.4 Å². The van der Waals surface area contributed by atoms with Crippen LogP contribution >= 0.6 is 11.6 Å². The molecule has 2 atom stereocenters. The van der Waals surface area contributed by atoms with Crippen molar-refractivity contribution in [3.63, 3.8) is 0 Å². The van der Waals surface area contributed by atoms with Crippen LogP contribution in [-0.2, 0) is 25.7 Å². The number of aromatic amines is 1. The van der Waals surface area contributed by atoms with Gasteiger partial charge in [-0.3, -0.25) is 19.4 Å². The highest BCUT2D eigenvalue weighted by molar-refractivity contribution is 6.30. The molecule has 0 bridgehead atoms. The average molecular weight is 564 g/mol. The lowest BCUT2D eigenvalue weighted by Gasteiger charge is -2.29. The number of ketones is 2. The van der Waals surface area contributed by atoms with Crippen molar-refractivity contribution in [2.24, 2.45) is 23.7 Å². The molecular formula is C32H34ClNO6. The van der Waals surface area contributed by atoms with Crippen LogP contribution in [0.15, 0.2) is 57.8 Å². The molecule has 1 N–H and O–H groups in total. The fourth-order valence-electron chi connectivity index (χ4n) is 6.10. The zero-order chi connectivity index (χ0) is 28.1. The van der Waals surface area contributed by atoms with E-state index in [4.69, 9.17) is 20.8 Å². The number of hydrogen-bond acceptors (Lipinski definition) is 6. The largest absolute Gasteiger partial charge is 0.461 e. The number of benzene rings is 2. The predicted octanol–water partition coefficient (Wildman–Crippen LogP) is 6.67. The number of hydrogen-bond donors (Lipinski definition) is 1. The lowest BCUT2D eigenvalue weighted by molar-refractivity contribution is -0.146. The Bertz CT molecular complexity index is 1440. The van der Waals surface area contributed by atoms with Gasteiger partial charge in [0.25, 0.3) is 0 Å². The summed E-state index contributed by atoms with van der Waals surface area (Å²) in [4.78, 5) is 51.8. The second-order valence-corrected chi connectivity index (χ2v) is 11.7. The quantitative estimate of drug-likeness (QED) is 0.276. The van der Waals surface area contributed by atoms with Crippen LogP contribution < -0.4 is 5.76 Å². The van der Waals surface area contributed by atoms with Gasteiger partial charge < -0.3 is 9.15 Å². The van der Waals surface area contributed by atoms with E-state index in [-0.39, 0.29) is 42.4 Å². The molecule has 0 aliphatic heterocycles. The summed E-state index contributed by atoms with van der Waals surface area (Å²) in [6, 6.07) is 12.6. The number of esters is 1. The molecule has 210 valence electrons. The number of Topliss-reactive ketones (excluding diaryl/α,β-unsaturated/α-hetero) is 2. The van der Waals surface area contributed by atoms with Gasteiger partial charge in [-0.2, -0.15) is 0 Å². The monoisotopic (exact) mass is 563 g/mol. The molecule has 0 spiro atoms. The Balaban J connectivity index is 1.01. The smallest absolute Gasteiger partial charge is 0.417 e. The fourth-order valence-corrected chi connectivity index (χ4v) is 6.22. The minimum atomic E-state index is -0.495. The summed E-state index contributed by atoms with van der Waals surface area (Å²) >= 11 is 5.90. The number of carbonyl (C=O) groups is 3. The number of carbonyl (C=O) groups excluding carboxylic acids is 3. The maximum Gasteiger partial charge on any atom is 0.417 e. The van der Waals surface area contributed by atoms with Crippen LogP contribution in [0.2, 0.25) is 5.02 Å². The van der Waals surface area contributed by atoms with Gasteiger partial charge in [0.05, 0.1) is 5.52 Å². The SMILES string of the molecule is O=C(CC1CCC(CC2CC(C(=O)C/C=C/c3ccc4[nH]c(=O)oc4c3)CC2=O)CC1)OCc1ccc(Cl)cc1. The van der Waals surface area contributed by atoms with Crippen molar-refractivity contribution in [1.82, 2.24) is 4.98 Å². The van der Waals surface area contributed by atoms with E-state index in [1.807, 2.05) is 30.4 Å². The number of rotatable bonds is 10. The molecule has 0 saturated heterocycles. The first-order valence-electron chi connectivity index (χ1n) is 14.1. The highest BCUT2D eigenvalue weighted by Crippen LogP contribution is 2.39. The maximum absolute atomic E-state index is 12.8. The normalized spacial score (nSPS) is 23.2. The van der Waals surface area contributed by atoms with Gasteiger partial charge in [-0.05, 0) is 72.9 Å². The third kappa shape index (κ3) is 7.39. The standard InChI is InChI=1S/C32H34ClNO6/c33-26-11-8-23(9-12-26)19-39-31(37)16-22-6-4-21(5-7-22)14-24-17-25(18-29(24)36)28(35)3-1-2-20-10-13-27-30(15-20)40-32(38)34-27/h1-2,8-13,15,21-22,24-25H,3-7,14,16-19H2,(H,34,38)/b2-1+. The van der Waals surface area contributed by atoms with Crippen molar-refractivity contribution in [3.8, 4) is 0 Å². The minimum Gasteiger partial charge on any atom is -0.461 e. The van der Waals surface area contributed by atoms with Gasteiger partial charge in [0.2, 0.25) is 0 Å². The number of allylic oxidation sites excluding steroid dienone is 1. The number of nitrogens with one attached hydrogen (secondary N) is 1. The first-order chi connectivity index (χ1) is 19.3. The van der Waals surface area contributed by atoms with Gasteiger partial charge in [-0.1, -0.05) is 54.8 Å². The summed E-state index contributed by atoms with van der Waals surface area (Å²) in [5, 5.41) is 0.655. The van der Waals surface area contributed by atoms with Gasteiger partial charge in [0.15, 0.2) is 5.58 Å². The van der Waals surface area contributed by atoms with E-state index in [0.717, 1.165) is 43.2 Å². The summed E-state index contributed by atoms with van der Waals surface area (Å²) in [6.07, 6.45) is 10.1. The van der Waals surface area contributed by atoms with Crippen LogP contribution in [0.5, 0.6) is 0 Å². The van der Waals surface area contributed by atoms with E-state index in [0.29, 0.717) is 47.2 Å². The molecule has 40 heavy (non-hydrogen) atoms. The molecule has 3 aromatic rings. The Labute approximate surface area is 237 Å². The zero-order valence-electron chi connectivity index (χ0n) is 22.4. The van der Waals surface area contributed by atoms with Crippen LogP contribution in [0.3, 0.4) is 0 Å². The third-order valence-electron chi connectivity index (χ3n) is 8.35. The van der Waals surface area contributed by atoms with Crippen LogP contribution in [0.1, 0.15) is 68.9 Å². The third-order valence-corrected chi connectivity index (χ3v) is 8.61. The molecule has 2 aliphatic carbocycles. The summed E-state index contributed by atoms with van der Waals surface area (Å²) < 4.78 is 10.5. The van der Waals surface area contributed by atoms with E-state index in [9.17, 15) is 19.2 Å². The van der Waals surface area contributed by atoms with Gasteiger partial charge in [-0.15, -0.1) is 0 Å². The molecule has 2 aromatic carbocycles. The molecule has 2 unspecified atom stereocenters. The highest BCUT2D eigenvalue weighted by atomic mass is 35.5. The number of fused-ring (bicyclic) bond motifs is 1. The van der Waals surface area contributed by atoms with Crippen LogP contribution in [0.4, 0.5) is 0 Å². The zero-order valence-corrected chi connectivity index (χ0v) is 23.2. The van der Waals surface area contributed by atoms with E-state index < -0.39 is 5.76 Å². The summed E-state index contributed by atoms with van der Waals surface area (Å²) in [6.45, 7) is 0.258. The predicted molar refractivity (Wildman–Crippen MR) is 153 cm³/mol. The van der Waals surface area contributed by atoms with Gasteiger partial charge in [0.1, 0.15) is 18.2 Å². The van der Waals surface area contributed by atoms with Crippen molar-refractivity contribution < 1.29 is 23.5 Å². The first kappa shape index (κ1) is 28.1. The van der Waals surface area contributed by atoms with Gasteiger partial charge >= 0.3 is 11.7 Å². The van der Waals surface area contributed by atoms with E-state index in [1.165, 1.54) is 0 Å². The van der Waals surface area contributed by atoms with Crippen molar-refractivity contribution in [1.29, 1.82) is 0 Å². The molecular weight excluding hydrogens is 530 g/mol. The summed E-state index contributed by atoms with van der Waals surface area (Å²) in [7, 11) is 0. The molecule has 8 heteroatoms. The van der Waals surface area contributed by atoms with Crippen LogP contribution in [0.25, 0.3) is 17.2 Å². The molecule has 2 saturated carbocycles. The Morgan fingerprint density at radius 2 is 1.77 bits per heavy atom. The second kappa shape index (κ2) is 12.8. The second-order valence-electron chi connectivity index (χ2n) is 11.3. The Kier molecular flexibility index (Phi) is 9.00. The average Bonchev–Trinajstić information content (AvgIpc) is 3.50. The lowest BCUT2D eigenvalue weighted by Crippen LogP contribution is -2.21. The molecule has 1 heterocycles. The highest BCUT2D eigenvalue weighted by Gasteiger charge is 2.37. The van der Waals surface area contributed by atoms with Crippen molar-refractivity contribution in [3.05, 3.63) is 75.2 Å². The Morgan fingerprint density at radius 1 is 1.02 bits per heavy atom. The van der Waals surface area contributed by atoms with Gasteiger partial charge in [0, 0.05) is 36.1 Å². The number of aromatic nitrogens is 1. The number of ether oxygens (including phenoxy) is 1. The molecule has 2 aliphatic rings. The molecule has 0 amide bonds. The maximum atomic E-state index is 12.8. The van der Waals surface area contributed by atoms with E-state index >= 15 is 0 Å². The van der Waals surface area contributed by atoms with Crippen molar-refractivity contribution >= 4 is 46.3 Å². The number of oxazole rings is 1. The lowest BCUT2D eigenvalue weighted by atomic mass is 9.76. The molecule has 5 rings (SSSR count). The van der Waals surface area contributed by atoms with Crippen molar-refractivity contribution in [2.75, 3.05) is 0 Å². The van der Waals surface area contributed by atoms with E-state index in [2.05, 4.69) is 4.98 Å².